The van der Waals surface area contributed by atoms with Gasteiger partial charge < -0.3 is 0 Å². The van der Waals surface area contributed by atoms with E-state index < -0.39 is 69.6 Å². The highest BCUT2D eigenvalue weighted by atomic mass is 79.9. The van der Waals surface area contributed by atoms with E-state index in [1.807, 2.05) is 0 Å². The molecule has 0 atom stereocenters. The normalized spacial score (nSPS) is 13.7. The predicted octanol–water partition coefficient (Wildman–Crippen LogP) is 10.1. The molecule has 0 radical (unpaired) electrons. The first-order chi connectivity index (χ1) is 19.4. The Balaban J connectivity index is 2.23. The van der Waals surface area contributed by atoms with Crippen molar-refractivity contribution < 1.29 is 66.7 Å². The zero-order valence-corrected chi connectivity index (χ0v) is 23.5. The average molecular weight is 762 g/mol. The molecular weight excluding hydrogens is 751 g/mol. The maximum atomic E-state index is 15.2. The molecule has 0 amide bonds. The van der Waals surface area contributed by atoms with E-state index in [1.165, 1.54) is 24.3 Å². The Morgan fingerprint density at radius 3 is 1.53 bits per heavy atom. The van der Waals surface area contributed by atoms with Gasteiger partial charge in [0.05, 0.1) is 0 Å². The van der Waals surface area contributed by atoms with Crippen LogP contribution in [0.4, 0.5) is 57.1 Å². The van der Waals surface area contributed by atoms with E-state index in [2.05, 4.69) is 31.9 Å². The van der Waals surface area contributed by atoms with Crippen LogP contribution in [0.2, 0.25) is 0 Å². The van der Waals surface area contributed by atoms with Gasteiger partial charge in [-0.1, -0.05) is 56.1 Å². The van der Waals surface area contributed by atoms with Gasteiger partial charge in [0.2, 0.25) is 11.6 Å². The molecule has 0 unspecified atom stereocenters. The van der Waals surface area contributed by atoms with E-state index >= 15 is 8.78 Å². The molecule has 0 fully saturated rings. The van der Waals surface area contributed by atoms with Crippen LogP contribution in [0.1, 0.15) is 26.3 Å². The lowest BCUT2D eigenvalue weighted by molar-refractivity contribution is -0.441. The van der Waals surface area contributed by atoms with E-state index in [4.69, 9.17) is 0 Å². The van der Waals surface area contributed by atoms with Crippen molar-refractivity contribution in [2.75, 3.05) is 0 Å². The van der Waals surface area contributed by atoms with Crippen LogP contribution in [0.15, 0.2) is 75.7 Å². The molecule has 0 saturated heterocycles. The molecule has 0 aliphatic carbocycles. The van der Waals surface area contributed by atoms with Crippen LogP contribution in [0.5, 0.6) is 0 Å². The summed E-state index contributed by atoms with van der Waals surface area (Å²) in [5.41, 5.74) is -5.34. The summed E-state index contributed by atoms with van der Waals surface area (Å²) in [6, 6.07) is 9.60. The lowest BCUT2D eigenvalue weighted by atomic mass is 9.85. The summed E-state index contributed by atoms with van der Waals surface area (Å²) < 4.78 is 180. The van der Waals surface area contributed by atoms with Gasteiger partial charge in [0.15, 0.2) is 0 Å². The summed E-state index contributed by atoms with van der Waals surface area (Å²) in [6.07, 6.45) is -7.55. The van der Waals surface area contributed by atoms with Crippen LogP contribution in [-0.2, 0) is 5.92 Å². The Kier molecular flexibility index (Phi) is 9.00. The van der Waals surface area contributed by atoms with Gasteiger partial charge in [-0.3, -0.25) is 9.59 Å². The molecule has 43 heavy (non-hydrogen) atoms. The molecule has 0 spiro atoms. The summed E-state index contributed by atoms with van der Waals surface area (Å²) in [5.74, 6) is -40.8. The van der Waals surface area contributed by atoms with Gasteiger partial charge in [0.1, 0.15) is 0 Å². The standard InChI is InChI=1S/C26H11Br2F13O2/c27-13-7-5-12(6-8-13)19(42)20(43)16-10-9-14(28)11-17(16)15-3-1-2-4-18(15)21(29,30)22(31,32)23(33,34)24(35,36)25(37,38)26(39,40)41/h1-11H. The molecule has 232 valence electrons. The summed E-state index contributed by atoms with van der Waals surface area (Å²) in [5, 5.41) is 0. The average Bonchev–Trinajstić information content (AvgIpc) is 2.91. The zero-order chi connectivity index (χ0) is 33.0. The summed E-state index contributed by atoms with van der Waals surface area (Å²) in [7, 11) is 0. The van der Waals surface area contributed by atoms with E-state index in [9.17, 15) is 57.9 Å². The van der Waals surface area contributed by atoms with Gasteiger partial charge in [-0.05, 0) is 53.6 Å². The Hall–Kier alpha value is -2.95. The minimum atomic E-state index is -8.08. The number of alkyl halides is 13. The quantitative estimate of drug-likeness (QED) is 0.124. The summed E-state index contributed by atoms with van der Waals surface area (Å²) in [6.45, 7) is 0. The van der Waals surface area contributed by atoms with Crippen molar-refractivity contribution in [3.05, 3.63) is 92.4 Å². The lowest BCUT2D eigenvalue weighted by Crippen LogP contribution is -2.69. The van der Waals surface area contributed by atoms with Crippen molar-refractivity contribution in [2.45, 2.75) is 35.8 Å². The molecule has 0 saturated carbocycles. The first kappa shape index (κ1) is 34.5. The van der Waals surface area contributed by atoms with Crippen LogP contribution in [0.3, 0.4) is 0 Å². The molecule has 0 aliphatic rings. The third kappa shape index (κ3) is 5.58. The predicted molar refractivity (Wildman–Crippen MR) is 132 cm³/mol. The minimum absolute atomic E-state index is 0.0227. The number of halogens is 15. The number of ketones is 2. The SMILES string of the molecule is O=C(C(=O)c1ccc(Br)cc1-c1ccccc1C(F)(F)C(F)(F)C(F)(F)C(F)(F)C(F)(F)C(F)(F)F)c1ccc(Br)cc1. The lowest BCUT2D eigenvalue weighted by Gasteiger charge is -2.40. The monoisotopic (exact) mass is 760 g/mol. The second kappa shape index (κ2) is 11.2. The van der Waals surface area contributed by atoms with Crippen LogP contribution < -0.4 is 0 Å². The first-order valence-electron chi connectivity index (χ1n) is 11.1. The third-order valence-electron chi connectivity index (χ3n) is 6.03. The summed E-state index contributed by atoms with van der Waals surface area (Å²) in [4.78, 5) is 25.9. The Morgan fingerprint density at radius 1 is 0.512 bits per heavy atom. The van der Waals surface area contributed by atoms with Gasteiger partial charge in [-0.2, -0.15) is 57.1 Å². The van der Waals surface area contributed by atoms with Gasteiger partial charge in [-0.25, -0.2) is 0 Å². The van der Waals surface area contributed by atoms with Gasteiger partial charge >= 0.3 is 35.8 Å². The molecule has 3 aromatic rings. The topological polar surface area (TPSA) is 34.1 Å². The van der Waals surface area contributed by atoms with Crippen molar-refractivity contribution in [2.24, 2.45) is 0 Å². The Labute approximate surface area is 249 Å². The van der Waals surface area contributed by atoms with E-state index in [0.717, 1.165) is 24.3 Å². The first-order valence-corrected chi connectivity index (χ1v) is 12.7. The van der Waals surface area contributed by atoms with Crippen LogP contribution in [0, 0.1) is 0 Å². The van der Waals surface area contributed by atoms with Gasteiger partial charge in [-0.15, -0.1) is 0 Å². The molecule has 0 aromatic heterocycles. The highest BCUT2D eigenvalue weighted by molar-refractivity contribution is 9.10. The van der Waals surface area contributed by atoms with Crippen LogP contribution in [-0.4, -0.2) is 41.4 Å². The van der Waals surface area contributed by atoms with Crippen molar-refractivity contribution in [3.63, 3.8) is 0 Å². The fraction of sp³-hybridized carbons (Fsp3) is 0.231. The minimum Gasteiger partial charge on any atom is -0.285 e. The highest BCUT2D eigenvalue weighted by Crippen LogP contribution is 2.62. The molecule has 17 heteroatoms. The van der Waals surface area contributed by atoms with E-state index in [1.54, 1.807) is 0 Å². The van der Waals surface area contributed by atoms with Gasteiger partial charge in [0.25, 0.3) is 0 Å². The summed E-state index contributed by atoms with van der Waals surface area (Å²) >= 11 is 5.98. The third-order valence-corrected chi connectivity index (χ3v) is 7.05. The molecule has 3 rings (SSSR count). The Bertz CT molecular complexity index is 1550. The maximum Gasteiger partial charge on any atom is 0.460 e. The number of benzene rings is 3. The number of carbonyl (C=O) groups is 2. The molecular formula is C26H11Br2F13O2. The number of hydrogen-bond acceptors (Lipinski definition) is 2. The van der Waals surface area contributed by atoms with Crippen molar-refractivity contribution in [3.8, 4) is 11.1 Å². The molecule has 0 heterocycles. The molecule has 0 N–H and O–H groups in total. The van der Waals surface area contributed by atoms with Gasteiger partial charge in [0, 0.05) is 25.6 Å². The largest absolute Gasteiger partial charge is 0.460 e. The molecule has 0 bridgehead atoms. The number of rotatable bonds is 9. The van der Waals surface area contributed by atoms with Crippen molar-refractivity contribution in [1.82, 2.24) is 0 Å². The van der Waals surface area contributed by atoms with Crippen LogP contribution in [0.25, 0.3) is 11.1 Å². The number of carbonyl (C=O) groups excluding carboxylic acids is 2. The molecule has 2 nitrogen and oxygen atoms in total. The fourth-order valence-corrected chi connectivity index (χ4v) is 4.35. The second-order valence-corrected chi connectivity index (χ2v) is 10.6. The fourth-order valence-electron chi connectivity index (χ4n) is 3.72. The zero-order valence-electron chi connectivity index (χ0n) is 20.3. The smallest absolute Gasteiger partial charge is 0.285 e. The highest BCUT2D eigenvalue weighted by Gasteiger charge is 2.91. The van der Waals surface area contributed by atoms with Crippen molar-refractivity contribution in [1.29, 1.82) is 0 Å². The Morgan fingerprint density at radius 2 is 1.00 bits per heavy atom. The van der Waals surface area contributed by atoms with Crippen LogP contribution >= 0.6 is 31.9 Å². The molecule has 3 aromatic carbocycles. The van der Waals surface area contributed by atoms with E-state index in [0.29, 0.717) is 16.6 Å². The van der Waals surface area contributed by atoms with Crippen molar-refractivity contribution >= 4 is 43.4 Å². The maximum absolute atomic E-state index is 15.2. The second-order valence-electron chi connectivity index (χ2n) is 8.77. The van der Waals surface area contributed by atoms with E-state index in [-0.39, 0.29) is 16.1 Å². The number of hydrogen-bond donors (Lipinski definition) is 0. The molecule has 0 aliphatic heterocycles. The number of Topliss-reactive ketones (excluding diaryl/α,β-unsaturated/α-hetero) is 2.